The maximum absolute atomic E-state index is 11.1. The van der Waals surface area contributed by atoms with Gasteiger partial charge in [-0.1, -0.05) is 11.6 Å². The van der Waals surface area contributed by atoms with Crippen molar-refractivity contribution in [1.29, 1.82) is 0 Å². The smallest absolute Gasteiger partial charge is 0.337 e. The van der Waals surface area contributed by atoms with Gasteiger partial charge in [0.15, 0.2) is 0 Å². The standard InChI is InChI=1S/C13H18N2O3/c1-9-5-6-11(10(8-9)13(17)18)15-7-3-2-4-12(14)16/h5-6,8,15H,2-4,7H2,1H3,(H2,14,16)(H,17,18). The van der Waals surface area contributed by atoms with Crippen LogP contribution in [-0.4, -0.2) is 23.5 Å². The lowest BCUT2D eigenvalue weighted by atomic mass is 10.1. The summed E-state index contributed by atoms with van der Waals surface area (Å²) in [5, 5.41) is 12.1. The number of anilines is 1. The number of rotatable bonds is 7. The lowest BCUT2D eigenvalue weighted by molar-refractivity contribution is -0.118. The van der Waals surface area contributed by atoms with Crippen molar-refractivity contribution in [1.82, 2.24) is 0 Å². The van der Waals surface area contributed by atoms with Gasteiger partial charge >= 0.3 is 5.97 Å². The Hall–Kier alpha value is -2.04. The first kappa shape index (κ1) is 14.0. The fourth-order valence-corrected chi connectivity index (χ4v) is 1.64. The molecule has 1 aromatic carbocycles. The van der Waals surface area contributed by atoms with E-state index in [-0.39, 0.29) is 11.5 Å². The molecule has 5 heteroatoms. The number of carboxylic acids is 1. The highest BCUT2D eigenvalue weighted by atomic mass is 16.4. The van der Waals surface area contributed by atoms with Crippen LogP contribution in [0.4, 0.5) is 5.69 Å². The number of amides is 1. The SMILES string of the molecule is Cc1ccc(NCCCCC(N)=O)c(C(=O)O)c1. The normalized spacial score (nSPS) is 10.1. The molecular formula is C13H18N2O3. The molecule has 0 spiro atoms. The highest BCUT2D eigenvalue weighted by Gasteiger charge is 2.09. The number of aryl methyl sites for hydroxylation is 1. The third-order valence-corrected chi connectivity index (χ3v) is 2.57. The Kier molecular flexibility index (Phi) is 5.17. The van der Waals surface area contributed by atoms with Gasteiger partial charge in [0.05, 0.1) is 5.56 Å². The van der Waals surface area contributed by atoms with E-state index >= 15 is 0 Å². The summed E-state index contributed by atoms with van der Waals surface area (Å²) in [5.41, 5.74) is 6.81. The Morgan fingerprint density at radius 3 is 2.67 bits per heavy atom. The van der Waals surface area contributed by atoms with E-state index in [2.05, 4.69) is 5.32 Å². The van der Waals surface area contributed by atoms with E-state index in [9.17, 15) is 9.59 Å². The first-order chi connectivity index (χ1) is 8.50. The second-order valence-corrected chi connectivity index (χ2v) is 4.20. The molecule has 1 aromatic rings. The molecular weight excluding hydrogens is 232 g/mol. The van der Waals surface area contributed by atoms with Crippen LogP contribution >= 0.6 is 0 Å². The van der Waals surface area contributed by atoms with Gasteiger partial charge in [0.1, 0.15) is 0 Å². The number of nitrogens with one attached hydrogen (secondary N) is 1. The predicted octanol–water partition coefficient (Wildman–Crippen LogP) is 1.76. The summed E-state index contributed by atoms with van der Waals surface area (Å²) < 4.78 is 0. The first-order valence-corrected chi connectivity index (χ1v) is 5.87. The van der Waals surface area contributed by atoms with Gasteiger partial charge in [0.25, 0.3) is 0 Å². The van der Waals surface area contributed by atoms with Gasteiger partial charge in [0, 0.05) is 18.7 Å². The summed E-state index contributed by atoms with van der Waals surface area (Å²) in [6.07, 6.45) is 1.84. The molecule has 0 atom stereocenters. The summed E-state index contributed by atoms with van der Waals surface area (Å²) in [4.78, 5) is 21.6. The van der Waals surface area contributed by atoms with Crippen LogP contribution in [0, 0.1) is 6.92 Å². The number of nitrogens with two attached hydrogens (primary N) is 1. The number of carbonyl (C=O) groups excluding carboxylic acids is 1. The maximum Gasteiger partial charge on any atom is 0.337 e. The van der Waals surface area contributed by atoms with E-state index in [0.29, 0.717) is 25.1 Å². The van der Waals surface area contributed by atoms with Gasteiger partial charge in [0.2, 0.25) is 5.91 Å². The van der Waals surface area contributed by atoms with Crippen molar-refractivity contribution in [2.24, 2.45) is 5.73 Å². The number of aromatic carboxylic acids is 1. The Bertz CT molecular complexity index is 444. The molecule has 98 valence electrons. The molecule has 0 aliphatic heterocycles. The van der Waals surface area contributed by atoms with Crippen LogP contribution in [0.3, 0.4) is 0 Å². The fraction of sp³-hybridized carbons (Fsp3) is 0.385. The minimum absolute atomic E-state index is 0.268. The van der Waals surface area contributed by atoms with Gasteiger partial charge in [-0.15, -0.1) is 0 Å². The number of carbonyl (C=O) groups is 2. The zero-order chi connectivity index (χ0) is 13.5. The molecule has 0 saturated carbocycles. The number of hydrogen-bond donors (Lipinski definition) is 3. The number of benzene rings is 1. The molecule has 0 radical (unpaired) electrons. The van der Waals surface area contributed by atoms with E-state index in [1.807, 2.05) is 13.0 Å². The van der Waals surface area contributed by atoms with Crippen LogP contribution in [0.5, 0.6) is 0 Å². The maximum atomic E-state index is 11.1. The summed E-state index contributed by atoms with van der Waals surface area (Å²) in [6.45, 7) is 2.47. The van der Waals surface area contributed by atoms with Crippen molar-refractivity contribution < 1.29 is 14.7 Å². The average Bonchev–Trinajstić information content (AvgIpc) is 2.29. The Morgan fingerprint density at radius 2 is 2.06 bits per heavy atom. The van der Waals surface area contributed by atoms with E-state index in [4.69, 9.17) is 10.8 Å². The zero-order valence-corrected chi connectivity index (χ0v) is 10.4. The lowest BCUT2D eigenvalue weighted by Gasteiger charge is -2.10. The summed E-state index contributed by atoms with van der Waals surface area (Å²) >= 11 is 0. The van der Waals surface area contributed by atoms with Gasteiger partial charge in [-0.05, 0) is 31.9 Å². The topological polar surface area (TPSA) is 92.4 Å². The molecule has 1 amide bonds. The summed E-state index contributed by atoms with van der Waals surface area (Å²) in [7, 11) is 0. The highest BCUT2D eigenvalue weighted by molar-refractivity contribution is 5.94. The molecule has 0 bridgehead atoms. The van der Waals surface area contributed by atoms with Crippen molar-refractivity contribution in [3.63, 3.8) is 0 Å². The third-order valence-electron chi connectivity index (χ3n) is 2.57. The van der Waals surface area contributed by atoms with Gasteiger partial charge < -0.3 is 16.2 Å². The van der Waals surface area contributed by atoms with Gasteiger partial charge in [-0.2, -0.15) is 0 Å². The molecule has 18 heavy (non-hydrogen) atoms. The van der Waals surface area contributed by atoms with Crippen LogP contribution in [0.15, 0.2) is 18.2 Å². The Labute approximate surface area is 106 Å². The second kappa shape index (κ2) is 6.64. The predicted molar refractivity (Wildman–Crippen MR) is 69.7 cm³/mol. The van der Waals surface area contributed by atoms with E-state index in [1.165, 1.54) is 0 Å². The first-order valence-electron chi connectivity index (χ1n) is 5.87. The summed E-state index contributed by atoms with van der Waals surface area (Å²) in [5.74, 6) is -1.25. The van der Waals surface area contributed by atoms with Gasteiger partial charge in [-0.3, -0.25) is 4.79 Å². The fourth-order valence-electron chi connectivity index (χ4n) is 1.64. The number of unbranched alkanes of at least 4 members (excludes halogenated alkanes) is 1. The quantitative estimate of drug-likeness (QED) is 0.643. The molecule has 5 nitrogen and oxygen atoms in total. The molecule has 0 saturated heterocycles. The molecule has 0 aliphatic carbocycles. The number of carboxylic acid groups (broad SMARTS) is 1. The molecule has 0 fully saturated rings. The number of primary amides is 1. The third kappa shape index (κ3) is 4.45. The largest absolute Gasteiger partial charge is 0.478 e. The molecule has 0 unspecified atom stereocenters. The molecule has 4 N–H and O–H groups in total. The lowest BCUT2D eigenvalue weighted by Crippen LogP contribution is -2.11. The second-order valence-electron chi connectivity index (χ2n) is 4.20. The molecule has 0 aromatic heterocycles. The van der Waals surface area contributed by atoms with Crippen LogP contribution in [-0.2, 0) is 4.79 Å². The molecule has 0 heterocycles. The van der Waals surface area contributed by atoms with E-state index in [1.54, 1.807) is 12.1 Å². The zero-order valence-electron chi connectivity index (χ0n) is 10.4. The highest BCUT2D eigenvalue weighted by Crippen LogP contribution is 2.17. The van der Waals surface area contributed by atoms with Crippen molar-refractivity contribution in [2.75, 3.05) is 11.9 Å². The van der Waals surface area contributed by atoms with Crippen molar-refractivity contribution in [2.45, 2.75) is 26.2 Å². The van der Waals surface area contributed by atoms with Crippen molar-refractivity contribution >= 4 is 17.6 Å². The van der Waals surface area contributed by atoms with Crippen molar-refractivity contribution in [3.05, 3.63) is 29.3 Å². The van der Waals surface area contributed by atoms with Crippen LogP contribution in [0.2, 0.25) is 0 Å². The molecule has 1 rings (SSSR count). The van der Waals surface area contributed by atoms with Crippen molar-refractivity contribution in [3.8, 4) is 0 Å². The van der Waals surface area contributed by atoms with E-state index < -0.39 is 5.97 Å². The van der Waals surface area contributed by atoms with Crippen LogP contribution in [0.1, 0.15) is 35.2 Å². The minimum Gasteiger partial charge on any atom is -0.478 e. The monoisotopic (exact) mass is 250 g/mol. The van der Waals surface area contributed by atoms with Crippen LogP contribution in [0.25, 0.3) is 0 Å². The molecule has 0 aliphatic rings. The minimum atomic E-state index is -0.946. The van der Waals surface area contributed by atoms with E-state index in [0.717, 1.165) is 12.0 Å². The summed E-state index contributed by atoms with van der Waals surface area (Å²) in [6, 6.07) is 5.25. The number of hydrogen-bond acceptors (Lipinski definition) is 3. The Morgan fingerprint density at radius 1 is 1.33 bits per heavy atom. The average molecular weight is 250 g/mol. The van der Waals surface area contributed by atoms with Crippen LogP contribution < -0.4 is 11.1 Å². The Balaban J connectivity index is 2.51. The van der Waals surface area contributed by atoms with Gasteiger partial charge in [-0.25, -0.2) is 4.79 Å².